The Morgan fingerprint density at radius 1 is 1.12 bits per heavy atom. The van der Waals surface area contributed by atoms with Crippen molar-refractivity contribution in [3.05, 3.63) is 41.5 Å². The minimum absolute atomic E-state index is 0.104. The average Bonchev–Trinajstić information content (AvgIpc) is 2.86. The summed E-state index contributed by atoms with van der Waals surface area (Å²) in [5.74, 6) is 1.89. The number of rotatable bonds is 5. The molecule has 2 heterocycles. The summed E-state index contributed by atoms with van der Waals surface area (Å²) in [6.07, 6.45) is 4.52. The molecule has 0 bridgehead atoms. The lowest BCUT2D eigenvalue weighted by atomic mass is 10.2. The smallest absolute Gasteiger partial charge is 0.317 e. The fraction of sp³-hybridized carbons (Fsp3) is 0.526. The Labute approximate surface area is 155 Å². The number of hydrogen-bond acceptors (Lipinski definition) is 4. The minimum Gasteiger partial charge on any atom is -0.378 e. The Morgan fingerprint density at radius 3 is 2.62 bits per heavy atom. The number of hydrogen-bond donors (Lipinski definition) is 1. The molecule has 3 rings (SSSR count). The number of urea groups is 1. The lowest BCUT2D eigenvalue weighted by Gasteiger charge is -2.19. The molecule has 1 aromatic carbocycles. The molecule has 0 saturated heterocycles. The SMILES string of the molecule is CN(Cc1ccc(N(C)C)cc1)C(=O)NCc1nnc2n1CCCCC2. The van der Waals surface area contributed by atoms with Gasteiger partial charge in [0.1, 0.15) is 5.82 Å². The molecule has 26 heavy (non-hydrogen) atoms. The van der Waals surface area contributed by atoms with E-state index in [0.29, 0.717) is 13.1 Å². The second-order valence-corrected chi connectivity index (χ2v) is 7.07. The van der Waals surface area contributed by atoms with Crippen LogP contribution < -0.4 is 10.2 Å². The highest BCUT2D eigenvalue weighted by molar-refractivity contribution is 5.73. The van der Waals surface area contributed by atoms with E-state index in [9.17, 15) is 4.79 Å². The second kappa shape index (κ2) is 8.21. The van der Waals surface area contributed by atoms with Crippen LogP contribution in [0.2, 0.25) is 0 Å². The maximum absolute atomic E-state index is 12.4. The van der Waals surface area contributed by atoms with E-state index in [0.717, 1.165) is 42.3 Å². The molecule has 1 aromatic heterocycles. The summed E-state index contributed by atoms with van der Waals surface area (Å²) < 4.78 is 2.16. The molecule has 2 aromatic rings. The molecule has 7 heteroatoms. The highest BCUT2D eigenvalue weighted by Gasteiger charge is 2.16. The first-order chi connectivity index (χ1) is 12.5. The summed E-state index contributed by atoms with van der Waals surface area (Å²) >= 11 is 0. The molecule has 0 aliphatic carbocycles. The van der Waals surface area contributed by atoms with E-state index < -0.39 is 0 Å². The van der Waals surface area contributed by atoms with Crippen LogP contribution in [-0.2, 0) is 26.1 Å². The van der Waals surface area contributed by atoms with Crippen molar-refractivity contribution in [2.75, 3.05) is 26.0 Å². The largest absolute Gasteiger partial charge is 0.378 e. The summed E-state index contributed by atoms with van der Waals surface area (Å²) in [4.78, 5) is 16.1. The highest BCUT2D eigenvalue weighted by Crippen LogP contribution is 2.15. The maximum Gasteiger partial charge on any atom is 0.317 e. The molecule has 0 saturated carbocycles. The number of fused-ring (bicyclic) bond motifs is 1. The van der Waals surface area contributed by atoms with E-state index >= 15 is 0 Å². The number of amides is 2. The van der Waals surface area contributed by atoms with Crippen LogP contribution in [0.5, 0.6) is 0 Å². The molecule has 0 spiro atoms. The van der Waals surface area contributed by atoms with Crippen molar-refractivity contribution in [1.82, 2.24) is 25.0 Å². The zero-order valence-corrected chi connectivity index (χ0v) is 15.9. The standard InChI is InChI=1S/C19H28N6O/c1-23(2)16-10-8-15(9-11-16)14-24(3)19(26)20-13-18-22-21-17-7-5-4-6-12-25(17)18/h8-11H,4-7,12-14H2,1-3H3,(H,20,26). The van der Waals surface area contributed by atoms with Gasteiger partial charge in [-0.2, -0.15) is 0 Å². The number of carbonyl (C=O) groups excluding carboxylic acids is 1. The third-order valence-corrected chi connectivity index (χ3v) is 4.80. The first kappa shape index (κ1) is 18.2. The van der Waals surface area contributed by atoms with Crippen LogP contribution in [0.1, 0.15) is 36.5 Å². The molecule has 140 valence electrons. The molecule has 1 aliphatic heterocycles. The maximum atomic E-state index is 12.4. The second-order valence-electron chi connectivity index (χ2n) is 7.07. The van der Waals surface area contributed by atoms with Gasteiger partial charge in [-0.25, -0.2) is 4.79 Å². The normalized spacial score (nSPS) is 13.7. The number of carbonyl (C=O) groups is 1. The van der Waals surface area contributed by atoms with Gasteiger partial charge < -0.3 is 19.7 Å². The van der Waals surface area contributed by atoms with Crippen molar-refractivity contribution in [2.45, 2.75) is 45.3 Å². The predicted molar refractivity (Wildman–Crippen MR) is 102 cm³/mol. The molecule has 0 radical (unpaired) electrons. The molecule has 0 unspecified atom stereocenters. The van der Waals surface area contributed by atoms with Gasteiger partial charge >= 0.3 is 6.03 Å². The first-order valence-corrected chi connectivity index (χ1v) is 9.21. The number of anilines is 1. The van der Waals surface area contributed by atoms with Crippen molar-refractivity contribution in [3.63, 3.8) is 0 Å². The fourth-order valence-electron chi connectivity index (χ4n) is 3.21. The third-order valence-electron chi connectivity index (χ3n) is 4.80. The lowest BCUT2D eigenvalue weighted by Crippen LogP contribution is -2.37. The summed E-state index contributed by atoms with van der Waals surface area (Å²) in [6, 6.07) is 8.13. The van der Waals surface area contributed by atoms with Crippen LogP contribution >= 0.6 is 0 Å². The van der Waals surface area contributed by atoms with Gasteiger partial charge in [-0.1, -0.05) is 18.6 Å². The van der Waals surface area contributed by atoms with Crippen molar-refractivity contribution in [3.8, 4) is 0 Å². The lowest BCUT2D eigenvalue weighted by molar-refractivity contribution is 0.206. The summed E-state index contributed by atoms with van der Waals surface area (Å²) in [5.41, 5.74) is 2.25. The van der Waals surface area contributed by atoms with Crippen LogP contribution in [0.25, 0.3) is 0 Å². The molecule has 2 amide bonds. The Bertz CT molecular complexity index is 737. The van der Waals surface area contributed by atoms with E-state index in [1.807, 2.05) is 14.1 Å². The van der Waals surface area contributed by atoms with Gasteiger partial charge in [0.05, 0.1) is 6.54 Å². The van der Waals surface area contributed by atoms with Crippen LogP contribution in [0, 0.1) is 0 Å². The summed E-state index contributed by atoms with van der Waals surface area (Å²) in [7, 11) is 5.83. The van der Waals surface area contributed by atoms with Gasteiger partial charge in [0, 0.05) is 46.3 Å². The molecule has 1 N–H and O–H groups in total. The van der Waals surface area contributed by atoms with Gasteiger partial charge in [-0.3, -0.25) is 0 Å². The van der Waals surface area contributed by atoms with Crippen molar-refractivity contribution >= 4 is 11.7 Å². The Balaban J connectivity index is 1.54. The van der Waals surface area contributed by atoms with E-state index in [4.69, 9.17) is 0 Å². The first-order valence-electron chi connectivity index (χ1n) is 9.21. The van der Waals surface area contributed by atoms with Gasteiger partial charge in [0.15, 0.2) is 5.82 Å². The van der Waals surface area contributed by atoms with Gasteiger partial charge in [-0.15, -0.1) is 10.2 Å². The quantitative estimate of drug-likeness (QED) is 0.893. The van der Waals surface area contributed by atoms with Crippen LogP contribution in [0.3, 0.4) is 0 Å². The van der Waals surface area contributed by atoms with Crippen molar-refractivity contribution in [2.24, 2.45) is 0 Å². The van der Waals surface area contributed by atoms with E-state index in [1.54, 1.807) is 11.9 Å². The zero-order chi connectivity index (χ0) is 18.5. The van der Waals surface area contributed by atoms with Crippen molar-refractivity contribution in [1.29, 1.82) is 0 Å². The predicted octanol–water partition coefficient (Wildman–Crippen LogP) is 2.41. The molecule has 0 fully saturated rings. The Hall–Kier alpha value is -2.57. The van der Waals surface area contributed by atoms with Gasteiger partial charge in [0.25, 0.3) is 0 Å². The molecule has 7 nitrogen and oxygen atoms in total. The summed E-state index contributed by atoms with van der Waals surface area (Å²) in [6.45, 7) is 1.93. The highest BCUT2D eigenvalue weighted by atomic mass is 16.2. The summed E-state index contributed by atoms with van der Waals surface area (Å²) in [5, 5.41) is 11.5. The van der Waals surface area contributed by atoms with Crippen molar-refractivity contribution < 1.29 is 4.79 Å². The fourth-order valence-corrected chi connectivity index (χ4v) is 3.21. The van der Waals surface area contributed by atoms with E-state index in [1.165, 1.54) is 12.8 Å². The van der Waals surface area contributed by atoms with E-state index in [2.05, 4.69) is 49.2 Å². The van der Waals surface area contributed by atoms with Crippen LogP contribution in [0.4, 0.5) is 10.5 Å². The van der Waals surface area contributed by atoms with Crippen LogP contribution in [0.15, 0.2) is 24.3 Å². The Kier molecular flexibility index (Phi) is 5.75. The number of aromatic nitrogens is 3. The average molecular weight is 356 g/mol. The number of nitrogens with zero attached hydrogens (tertiary/aromatic N) is 5. The Morgan fingerprint density at radius 2 is 1.88 bits per heavy atom. The zero-order valence-electron chi connectivity index (χ0n) is 15.9. The van der Waals surface area contributed by atoms with Crippen LogP contribution in [-0.4, -0.2) is 46.8 Å². The topological polar surface area (TPSA) is 66.3 Å². The number of nitrogens with one attached hydrogen (secondary N) is 1. The van der Waals surface area contributed by atoms with Gasteiger partial charge in [0.2, 0.25) is 0 Å². The van der Waals surface area contributed by atoms with Gasteiger partial charge in [-0.05, 0) is 30.5 Å². The van der Waals surface area contributed by atoms with E-state index in [-0.39, 0.29) is 6.03 Å². The third kappa shape index (κ3) is 4.33. The monoisotopic (exact) mass is 356 g/mol. The number of benzene rings is 1. The molecular weight excluding hydrogens is 328 g/mol. The number of aryl methyl sites for hydroxylation is 1. The molecule has 0 atom stereocenters. The minimum atomic E-state index is -0.104. The molecule has 1 aliphatic rings. The molecular formula is C19H28N6O.